The molecule has 24 heavy (non-hydrogen) atoms. The fourth-order valence-corrected chi connectivity index (χ4v) is 3.40. The number of amides is 2. The summed E-state index contributed by atoms with van der Waals surface area (Å²) in [5.41, 5.74) is 2.49. The lowest BCUT2D eigenvalue weighted by molar-refractivity contribution is -0.133. The molecule has 0 atom stereocenters. The number of nitrogens with zero attached hydrogens (tertiary/aromatic N) is 3. The third-order valence-electron chi connectivity index (χ3n) is 4.96. The molecule has 1 aromatic carbocycles. The van der Waals surface area contributed by atoms with E-state index < -0.39 is 0 Å². The molecule has 1 heterocycles. The summed E-state index contributed by atoms with van der Waals surface area (Å²) >= 11 is 0. The highest BCUT2D eigenvalue weighted by atomic mass is 16.2. The van der Waals surface area contributed by atoms with Crippen LogP contribution in [0.1, 0.15) is 31.7 Å². The Morgan fingerprint density at radius 3 is 2.46 bits per heavy atom. The van der Waals surface area contributed by atoms with Gasteiger partial charge in [-0.3, -0.25) is 9.59 Å². The van der Waals surface area contributed by atoms with E-state index in [0.717, 1.165) is 39.0 Å². The number of hydrogen-bond donors (Lipinski definition) is 0. The second-order valence-electron chi connectivity index (χ2n) is 6.90. The smallest absolute Gasteiger partial charge is 0.224 e. The van der Waals surface area contributed by atoms with Crippen LogP contribution < -0.4 is 4.90 Å². The highest BCUT2D eigenvalue weighted by Gasteiger charge is 2.31. The van der Waals surface area contributed by atoms with Gasteiger partial charge in [-0.1, -0.05) is 12.1 Å². The lowest BCUT2D eigenvalue weighted by Gasteiger charge is -2.36. The molecule has 3 rings (SSSR count). The van der Waals surface area contributed by atoms with E-state index >= 15 is 0 Å². The van der Waals surface area contributed by atoms with Crippen molar-refractivity contribution in [3.63, 3.8) is 0 Å². The predicted octanol–water partition coefficient (Wildman–Crippen LogP) is 2.04. The summed E-state index contributed by atoms with van der Waals surface area (Å²) < 4.78 is 0. The van der Waals surface area contributed by atoms with Gasteiger partial charge in [0.2, 0.25) is 11.8 Å². The summed E-state index contributed by atoms with van der Waals surface area (Å²) in [5, 5.41) is 0. The van der Waals surface area contributed by atoms with Crippen molar-refractivity contribution in [2.75, 3.05) is 37.6 Å². The van der Waals surface area contributed by atoms with Gasteiger partial charge in [0.1, 0.15) is 0 Å². The van der Waals surface area contributed by atoms with Gasteiger partial charge < -0.3 is 14.7 Å². The van der Waals surface area contributed by atoms with Crippen LogP contribution in [0.3, 0.4) is 0 Å². The fraction of sp³-hybridized carbons (Fsp3) is 0.579. The van der Waals surface area contributed by atoms with Crippen LogP contribution in [-0.4, -0.2) is 60.4 Å². The Labute approximate surface area is 144 Å². The first-order valence-corrected chi connectivity index (χ1v) is 8.91. The van der Waals surface area contributed by atoms with Crippen LogP contribution in [0.2, 0.25) is 0 Å². The number of rotatable bonds is 5. The second kappa shape index (κ2) is 7.24. The van der Waals surface area contributed by atoms with E-state index in [0.29, 0.717) is 19.0 Å². The molecule has 1 aliphatic carbocycles. The van der Waals surface area contributed by atoms with E-state index in [4.69, 9.17) is 0 Å². The standard InChI is InChI=1S/C19H27N3O2/c1-15-4-3-5-18(14-15)20-10-12-21(13-11-20)19(24)8-9-22(16(2)23)17-6-7-17/h3-5,14,17H,6-13H2,1-2H3. The topological polar surface area (TPSA) is 43.9 Å². The van der Waals surface area contributed by atoms with E-state index in [9.17, 15) is 9.59 Å². The average Bonchev–Trinajstić information content (AvgIpc) is 3.39. The van der Waals surface area contributed by atoms with E-state index in [1.807, 2.05) is 9.80 Å². The van der Waals surface area contributed by atoms with E-state index in [1.54, 1.807) is 6.92 Å². The van der Waals surface area contributed by atoms with Crippen molar-refractivity contribution in [2.24, 2.45) is 0 Å². The Morgan fingerprint density at radius 1 is 1.17 bits per heavy atom. The first kappa shape index (κ1) is 16.8. The van der Waals surface area contributed by atoms with Crippen molar-refractivity contribution in [3.05, 3.63) is 29.8 Å². The van der Waals surface area contributed by atoms with Gasteiger partial charge >= 0.3 is 0 Å². The lowest BCUT2D eigenvalue weighted by atomic mass is 10.2. The maximum absolute atomic E-state index is 12.4. The monoisotopic (exact) mass is 329 g/mol. The normalized spacial score (nSPS) is 17.8. The Kier molecular flexibility index (Phi) is 5.07. The molecule has 130 valence electrons. The van der Waals surface area contributed by atoms with Crippen molar-refractivity contribution in [1.29, 1.82) is 0 Å². The van der Waals surface area contributed by atoms with Gasteiger partial charge in [-0.15, -0.1) is 0 Å². The van der Waals surface area contributed by atoms with E-state index in [1.165, 1.54) is 11.3 Å². The van der Waals surface area contributed by atoms with Crippen LogP contribution >= 0.6 is 0 Å². The number of carbonyl (C=O) groups is 2. The zero-order valence-corrected chi connectivity index (χ0v) is 14.7. The molecule has 0 spiro atoms. The quantitative estimate of drug-likeness (QED) is 0.830. The molecule has 2 fully saturated rings. The van der Waals surface area contributed by atoms with Crippen LogP contribution in [0.4, 0.5) is 5.69 Å². The summed E-state index contributed by atoms with van der Waals surface area (Å²) in [7, 11) is 0. The molecule has 0 aromatic heterocycles. The highest BCUT2D eigenvalue weighted by Crippen LogP contribution is 2.27. The highest BCUT2D eigenvalue weighted by molar-refractivity contribution is 5.78. The fourth-order valence-electron chi connectivity index (χ4n) is 3.40. The van der Waals surface area contributed by atoms with Crippen molar-refractivity contribution in [1.82, 2.24) is 9.80 Å². The zero-order chi connectivity index (χ0) is 17.1. The molecule has 0 bridgehead atoms. The van der Waals surface area contributed by atoms with Crippen LogP contribution in [0.15, 0.2) is 24.3 Å². The van der Waals surface area contributed by atoms with Crippen LogP contribution in [0.5, 0.6) is 0 Å². The third kappa shape index (κ3) is 4.08. The first-order valence-electron chi connectivity index (χ1n) is 8.91. The molecule has 2 amide bonds. The molecule has 2 aliphatic rings. The summed E-state index contributed by atoms with van der Waals surface area (Å²) in [6.45, 7) is 7.53. The van der Waals surface area contributed by atoms with Crippen molar-refractivity contribution in [2.45, 2.75) is 39.2 Å². The van der Waals surface area contributed by atoms with Crippen molar-refractivity contribution >= 4 is 17.5 Å². The Bertz CT molecular complexity index is 604. The molecule has 1 aromatic rings. The number of carbonyl (C=O) groups excluding carboxylic acids is 2. The largest absolute Gasteiger partial charge is 0.368 e. The average molecular weight is 329 g/mol. The minimum Gasteiger partial charge on any atom is -0.368 e. The number of anilines is 1. The van der Waals surface area contributed by atoms with E-state index in [-0.39, 0.29) is 11.8 Å². The van der Waals surface area contributed by atoms with Crippen LogP contribution in [0, 0.1) is 6.92 Å². The number of piperazine rings is 1. The van der Waals surface area contributed by atoms with Gasteiger partial charge in [0, 0.05) is 57.8 Å². The second-order valence-corrected chi connectivity index (χ2v) is 6.90. The minimum atomic E-state index is 0.0922. The molecule has 1 saturated carbocycles. The van der Waals surface area contributed by atoms with E-state index in [2.05, 4.69) is 36.1 Å². The molecule has 5 nitrogen and oxygen atoms in total. The summed E-state index contributed by atoms with van der Waals surface area (Å²) in [5.74, 6) is 0.264. The number of benzene rings is 1. The lowest BCUT2D eigenvalue weighted by Crippen LogP contribution is -2.49. The maximum Gasteiger partial charge on any atom is 0.224 e. The Hall–Kier alpha value is -2.04. The Morgan fingerprint density at radius 2 is 1.88 bits per heavy atom. The van der Waals surface area contributed by atoms with Gasteiger partial charge in [0.05, 0.1) is 0 Å². The first-order chi connectivity index (χ1) is 11.5. The molecule has 0 radical (unpaired) electrons. The molecule has 5 heteroatoms. The number of aryl methyl sites for hydroxylation is 1. The molecule has 0 unspecified atom stereocenters. The van der Waals surface area contributed by atoms with Gasteiger partial charge in [0.15, 0.2) is 0 Å². The number of hydrogen-bond acceptors (Lipinski definition) is 3. The maximum atomic E-state index is 12.4. The van der Waals surface area contributed by atoms with Crippen LogP contribution in [-0.2, 0) is 9.59 Å². The SMILES string of the molecule is CC(=O)N(CCC(=O)N1CCN(c2cccc(C)c2)CC1)C1CC1. The Balaban J connectivity index is 1.47. The summed E-state index contributed by atoms with van der Waals surface area (Å²) in [6, 6.07) is 8.89. The van der Waals surface area contributed by atoms with Gasteiger partial charge in [-0.2, -0.15) is 0 Å². The molecule has 0 N–H and O–H groups in total. The molecule has 1 saturated heterocycles. The molecular formula is C19H27N3O2. The zero-order valence-electron chi connectivity index (χ0n) is 14.7. The van der Waals surface area contributed by atoms with Crippen molar-refractivity contribution in [3.8, 4) is 0 Å². The van der Waals surface area contributed by atoms with Crippen LogP contribution in [0.25, 0.3) is 0 Å². The summed E-state index contributed by atoms with van der Waals surface area (Å²) in [6.07, 6.45) is 2.62. The van der Waals surface area contributed by atoms with Gasteiger partial charge in [-0.25, -0.2) is 0 Å². The summed E-state index contributed by atoms with van der Waals surface area (Å²) in [4.78, 5) is 30.2. The predicted molar refractivity (Wildman–Crippen MR) is 95.0 cm³/mol. The van der Waals surface area contributed by atoms with Crippen molar-refractivity contribution < 1.29 is 9.59 Å². The molecular weight excluding hydrogens is 302 g/mol. The van der Waals surface area contributed by atoms with Gasteiger partial charge in [-0.05, 0) is 37.5 Å². The molecule has 1 aliphatic heterocycles. The van der Waals surface area contributed by atoms with Gasteiger partial charge in [0.25, 0.3) is 0 Å². The minimum absolute atomic E-state index is 0.0922. The third-order valence-corrected chi connectivity index (χ3v) is 4.96.